The zero-order valence-corrected chi connectivity index (χ0v) is 19.6. The lowest BCUT2D eigenvalue weighted by Gasteiger charge is -2.17. The van der Waals surface area contributed by atoms with Crippen molar-refractivity contribution in [1.82, 2.24) is 0 Å². The van der Waals surface area contributed by atoms with E-state index in [1.165, 1.54) is 0 Å². The fraction of sp³-hybridized carbons (Fsp3) is 0.407. The van der Waals surface area contributed by atoms with Crippen LogP contribution in [0.3, 0.4) is 0 Å². The number of ether oxygens (including phenoxy) is 4. The average Bonchev–Trinajstić information content (AvgIpc) is 2.81. The first-order valence-corrected chi connectivity index (χ1v) is 11.7. The molecule has 0 aromatic heterocycles. The Hall–Kier alpha value is -3.28. The molecule has 0 radical (unpaired) electrons. The molecule has 0 spiro atoms. The van der Waals surface area contributed by atoms with E-state index in [-0.39, 0.29) is 0 Å². The Kier molecular flexibility index (Phi) is 8.93. The molecule has 0 aliphatic carbocycles. The van der Waals surface area contributed by atoms with E-state index in [1.54, 1.807) is 0 Å². The molecule has 0 unspecified atom stereocenters. The lowest BCUT2D eigenvalue weighted by molar-refractivity contribution is 0.0966. The zero-order valence-electron chi connectivity index (χ0n) is 19.6. The van der Waals surface area contributed by atoms with Crippen molar-refractivity contribution >= 4 is 33.9 Å². The molecule has 6 nitrogen and oxygen atoms in total. The second-order valence-corrected chi connectivity index (χ2v) is 8.02. The standard InChI is InChI=1S/C27H32O6/c1-4-6-10-17-30-26(28)32-24-20-14-8-9-15-21(20)25(23-19(3)13-12-16-22(23)24)33-27(29)31-18-11-7-5-2/h8-9,12-16H,4-7,10-11,17-18H2,1-3H3. The van der Waals surface area contributed by atoms with Gasteiger partial charge in [0.15, 0.2) is 5.75 Å². The summed E-state index contributed by atoms with van der Waals surface area (Å²) in [6.07, 6.45) is 4.13. The Morgan fingerprint density at radius 2 is 1.18 bits per heavy atom. The molecule has 0 fully saturated rings. The van der Waals surface area contributed by atoms with Crippen LogP contribution in [0.25, 0.3) is 21.5 Å². The van der Waals surface area contributed by atoms with Gasteiger partial charge in [-0.1, -0.05) is 82.0 Å². The van der Waals surface area contributed by atoms with Gasteiger partial charge in [-0.3, -0.25) is 0 Å². The van der Waals surface area contributed by atoms with Crippen LogP contribution < -0.4 is 9.47 Å². The third-order valence-corrected chi connectivity index (χ3v) is 5.47. The predicted molar refractivity (Wildman–Crippen MR) is 129 cm³/mol. The number of benzene rings is 3. The monoisotopic (exact) mass is 452 g/mol. The summed E-state index contributed by atoms with van der Waals surface area (Å²) in [6, 6.07) is 13.0. The summed E-state index contributed by atoms with van der Waals surface area (Å²) in [5, 5.41) is 2.65. The van der Waals surface area contributed by atoms with E-state index in [2.05, 4.69) is 13.8 Å². The van der Waals surface area contributed by atoms with Crippen LogP contribution in [0.15, 0.2) is 42.5 Å². The first kappa shape index (κ1) is 24.4. The minimum absolute atomic E-state index is 0.312. The second-order valence-electron chi connectivity index (χ2n) is 8.02. The van der Waals surface area contributed by atoms with E-state index in [1.807, 2.05) is 49.4 Å². The van der Waals surface area contributed by atoms with E-state index < -0.39 is 12.3 Å². The van der Waals surface area contributed by atoms with E-state index in [9.17, 15) is 9.59 Å². The number of unbranched alkanes of at least 4 members (excludes halogenated alkanes) is 4. The SMILES string of the molecule is CCCCCOC(=O)Oc1c2ccccc2c(OC(=O)OCCCCC)c2c(C)cccc12. The highest BCUT2D eigenvalue weighted by Gasteiger charge is 2.22. The Morgan fingerprint density at radius 3 is 1.76 bits per heavy atom. The highest BCUT2D eigenvalue weighted by Crippen LogP contribution is 2.44. The quantitative estimate of drug-likeness (QED) is 0.136. The molecule has 33 heavy (non-hydrogen) atoms. The van der Waals surface area contributed by atoms with Crippen LogP contribution in [0.5, 0.6) is 11.5 Å². The summed E-state index contributed by atoms with van der Waals surface area (Å²) in [5.41, 5.74) is 0.883. The Bertz CT molecular complexity index is 1100. The van der Waals surface area contributed by atoms with Gasteiger partial charge in [0.2, 0.25) is 0 Å². The lowest BCUT2D eigenvalue weighted by Crippen LogP contribution is -2.14. The van der Waals surface area contributed by atoms with Gasteiger partial charge in [-0.25, -0.2) is 9.59 Å². The fourth-order valence-electron chi connectivity index (χ4n) is 3.77. The molecular formula is C27H32O6. The molecule has 3 aromatic carbocycles. The smallest absolute Gasteiger partial charge is 0.434 e. The van der Waals surface area contributed by atoms with Crippen LogP contribution in [0, 0.1) is 6.92 Å². The van der Waals surface area contributed by atoms with Gasteiger partial charge >= 0.3 is 12.3 Å². The van der Waals surface area contributed by atoms with Crippen molar-refractivity contribution in [2.75, 3.05) is 13.2 Å². The minimum atomic E-state index is -0.747. The molecule has 6 heteroatoms. The van der Waals surface area contributed by atoms with Gasteiger partial charge in [-0.2, -0.15) is 0 Å². The number of carbonyl (C=O) groups is 2. The third-order valence-electron chi connectivity index (χ3n) is 5.47. The van der Waals surface area contributed by atoms with Crippen molar-refractivity contribution < 1.29 is 28.5 Å². The van der Waals surface area contributed by atoms with Crippen LogP contribution in [-0.4, -0.2) is 25.5 Å². The van der Waals surface area contributed by atoms with Crippen LogP contribution in [0.4, 0.5) is 9.59 Å². The molecule has 0 aliphatic rings. The van der Waals surface area contributed by atoms with Gasteiger partial charge in [-0.15, -0.1) is 0 Å². The van der Waals surface area contributed by atoms with Gasteiger partial charge in [0.25, 0.3) is 0 Å². The zero-order chi connectivity index (χ0) is 23.6. The maximum atomic E-state index is 12.5. The van der Waals surface area contributed by atoms with E-state index in [4.69, 9.17) is 18.9 Å². The largest absolute Gasteiger partial charge is 0.513 e. The second kappa shape index (κ2) is 12.1. The number of rotatable bonds is 10. The number of hydrogen-bond donors (Lipinski definition) is 0. The molecule has 0 saturated heterocycles. The maximum Gasteiger partial charge on any atom is 0.513 e. The summed E-state index contributed by atoms with van der Waals surface area (Å²) < 4.78 is 22.0. The number of fused-ring (bicyclic) bond motifs is 2. The Morgan fingerprint density at radius 1 is 0.667 bits per heavy atom. The van der Waals surface area contributed by atoms with Crippen molar-refractivity contribution in [3.05, 3.63) is 48.0 Å². The molecule has 0 bridgehead atoms. The summed E-state index contributed by atoms with van der Waals surface area (Å²) in [6.45, 7) is 6.72. The molecule has 0 N–H and O–H groups in total. The third kappa shape index (κ3) is 6.15. The molecule has 0 amide bonds. The van der Waals surface area contributed by atoms with Gasteiger partial charge in [0, 0.05) is 21.5 Å². The first-order valence-electron chi connectivity index (χ1n) is 11.7. The van der Waals surface area contributed by atoms with E-state index in [0.29, 0.717) is 46.3 Å². The van der Waals surface area contributed by atoms with Gasteiger partial charge in [0.05, 0.1) is 13.2 Å². The average molecular weight is 453 g/mol. The van der Waals surface area contributed by atoms with Crippen molar-refractivity contribution in [1.29, 1.82) is 0 Å². The highest BCUT2D eigenvalue weighted by molar-refractivity contribution is 6.13. The molecule has 176 valence electrons. The van der Waals surface area contributed by atoms with Crippen LogP contribution in [-0.2, 0) is 9.47 Å². The van der Waals surface area contributed by atoms with Crippen LogP contribution in [0.2, 0.25) is 0 Å². The molecule has 3 rings (SSSR count). The first-order chi connectivity index (χ1) is 16.1. The van der Waals surface area contributed by atoms with E-state index >= 15 is 0 Å². The molecule has 0 saturated carbocycles. The molecule has 0 atom stereocenters. The topological polar surface area (TPSA) is 71.1 Å². The number of carbonyl (C=O) groups excluding carboxylic acids is 2. The van der Waals surface area contributed by atoms with Crippen molar-refractivity contribution in [2.24, 2.45) is 0 Å². The number of aryl methyl sites for hydroxylation is 1. The van der Waals surface area contributed by atoms with Crippen molar-refractivity contribution in [3.8, 4) is 11.5 Å². The van der Waals surface area contributed by atoms with Gasteiger partial charge in [-0.05, 0) is 25.3 Å². The van der Waals surface area contributed by atoms with Crippen molar-refractivity contribution in [3.63, 3.8) is 0 Å². The molecular weight excluding hydrogens is 420 g/mol. The van der Waals surface area contributed by atoms with Crippen molar-refractivity contribution in [2.45, 2.75) is 59.3 Å². The minimum Gasteiger partial charge on any atom is -0.434 e. The summed E-state index contributed by atoms with van der Waals surface area (Å²) in [5.74, 6) is 0.774. The molecule has 0 aliphatic heterocycles. The van der Waals surface area contributed by atoms with Crippen LogP contribution >= 0.6 is 0 Å². The van der Waals surface area contributed by atoms with Gasteiger partial charge in [0.1, 0.15) is 5.75 Å². The van der Waals surface area contributed by atoms with Gasteiger partial charge < -0.3 is 18.9 Å². The predicted octanol–water partition coefficient (Wildman–Crippen LogP) is 7.71. The Balaban J connectivity index is 1.98. The summed E-state index contributed by atoms with van der Waals surface area (Å²) >= 11 is 0. The number of hydrogen-bond acceptors (Lipinski definition) is 6. The highest BCUT2D eigenvalue weighted by atomic mass is 16.7. The molecule has 0 heterocycles. The maximum absolute atomic E-state index is 12.5. The van der Waals surface area contributed by atoms with Crippen LogP contribution in [0.1, 0.15) is 57.9 Å². The molecule has 3 aromatic rings. The summed E-state index contributed by atoms with van der Waals surface area (Å²) in [7, 11) is 0. The summed E-state index contributed by atoms with van der Waals surface area (Å²) in [4.78, 5) is 24.9. The lowest BCUT2D eigenvalue weighted by atomic mass is 9.97. The fourth-order valence-corrected chi connectivity index (χ4v) is 3.77. The Labute approximate surface area is 194 Å². The normalized spacial score (nSPS) is 10.9. The van der Waals surface area contributed by atoms with E-state index in [0.717, 1.165) is 44.1 Å².